The summed E-state index contributed by atoms with van der Waals surface area (Å²) in [7, 11) is 0. The van der Waals surface area contributed by atoms with E-state index < -0.39 is 5.97 Å². The third-order valence-electron chi connectivity index (χ3n) is 4.02. The number of aromatic nitrogens is 2. The summed E-state index contributed by atoms with van der Waals surface area (Å²) in [6.07, 6.45) is 6.48. The molecule has 0 radical (unpaired) electrons. The second kappa shape index (κ2) is 6.76. The van der Waals surface area contributed by atoms with Gasteiger partial charge in [0, 0.05) is 24.2 Å². The Bertz CT molecular complexity index is 717. The fourth-order valence-corrected chi connectivity index (χ4v) is 4.45. The number of piperidine rings is 1. The molecule has 3 heterocycles. The number of thiophene rings is 1. The largest absolute Gasteiger partial charge is 0.478 e. The van der Waals surface area contributed by atoms with Crippen molar-refractivity contribution in [1.29, 1.82) is 0 Å². The summed E-state index contributed by atoms with van der Waals surface area (Å²) in [4.78, 5) is 27.2. The number of likely N-dealkylation sites (tertiary alicyclic amines) is 1. The molecule has 0 aromatic carbocycles. The fraction of sp³-hybridized carbons (Fsp3) is 0.400. The van der Waals surface area contributed by atoms with Crippen LogP contribution >= 0.6 is 23.1 Å². The third-order valence-corrected chi connectivity index (χ3v) is 5.83. The molecule has 23 heavy (non-hydrogen) atoms. The van der Waals surface area contributed by atoms with E-state index in [9.17, 15) is 9.59 Å². The van der Waals surface area contributed by atoms with Gasteiger partial charge in [0.2, 0.25) is 0 Å². The molecule has 1 aliphatic heterocycles. The third kappa shape index (κ3) is 3.28. The van der Waals surface area contributed by atoms with E-state index in [0.29, 0.717) is 13.1 Å². The van der Waals surface area contributed by atoms with E-state index in [4.69, 9.17) is 5.11 Å². The zero-order valence-corrected chi connectivity index (χ0v) is 14.3. The van der Waals surface area contributed by atoms with Gasteiger partial charge in [-0.2, -0.15) is 5.10 Å². The van der Waals surface area contributed by atoms with Crippen LogP contribution in [0.5, 0.6) is 0 Å². The van der Waals surface area contributed by atoms with Crippen LogP contribution in [0.1, 0.15) is 38.9 Å². The van der Waals surface area contributed by atoms with E-state index >= 15 is 0 Å². The number of hydrogen-bond donors (Lipinski definition) is 1. The Morgan fingerprint density at radius 2 is 2.13 bits per heavy atom. The molecule has 3 rings (SSSR count). The van der Waals surface area contributed by atoms with E-state index in [1.54, 1.807) is 22.6 Å². The molecule has 0 spiro atoms. The lowest BCUT2D eigenvalue weighted by molar-refractivity contribution is 0.0689. The molecule has 0 saturated carbocycles. The van der Waals surface area contributed by atoms with Gasteiger partial charge >= 0.3 is 5.97 Å². The lowest BCUT2D eigenvalue weighted by Gasteiger charge is -2.32. The summed E-state index contributed by atoms with van der Waals surface area (Å²) < 4.78 is 1.71. The second-order valence-electron chi connectivity index (χ2n) is 5.36. The Labute approximate surface area is 142 Å². The molecule has 0 unspecified atom stereocenters. The normalized spacial score (nSPS) is 15.8. The van der Waals surface area contributed by atoms with Gasteiger partial charge in [-0.15, -0.1) is 23.1 Å². The van der Waals surface area contributed by atoms with Crippen molar-refractivity contribution >= 4 is 35.0 Å². The quantitative estimate of drug-likeness (QED) is 0.857. The first-order valence-corrected chi connectivity index (χ1v) is 9.38. The van der Waals surface area contributed by atoms with Crippen molar-refractivity contribution in [3.63, 3.8) is 0 Å². The average molecular weight is 351 g/mol. The predicted octanol–water partition coefficient (Wildman–Crippen LogP) is 2.84. The van der Waals surface area contributed by atoms with Gasteiger partial charge < -0.3 is 10.0 Å². The highest BCUT2D eigenvalue weighted by Crippen LogP contribution is 2.29. The van der Waals surface area contributed by atoms with Crippen molar-refractivity contribution in [3.05, 3.63) is 34.3 Å². The molecule has 0 bridgehead atoms. The average Bonchev–Trinajstić information content (AvgIpc) is 3.23. The number of rotatable bonds is 4. The Morgan fingerprint density at radius 1 is 1.39 bits per heavy atom. The van der Waals surface area contributed by atoms with Gasteiger partial charge in [-0.3, -0.25) is 9.48 Å². The van der Waals surface area contributed by atoms with Crippen molar-refractivity contribution in [2.45, 2.75) is 23.8 Å². The monoisotopic (exact) mass is 351 g/mol. The van der Waals surface area contributed by atoms with Gasteiger partial charge in [0.05, 0.1) is 17.8 Å². The molecule has 1 aliphatic rings. The van der Waals surface area contributed by atoms with Crippen molar-refractivity contribution in [2.24, 2.45) is 0 Å². The van der Waals surface area contributed by atoms with Crippen molar-refractivity contribution < 1.29 is 14.7 Å². The molecule has 1 fully saturated rings. The van der Waals surface area contributed by atoms with Crippen LogP contribution in [-0.2, 0) is 0 Å². The highest BCUT2D eigenvalue weighted by atomic mass is 32.2. The maximum atomic E-state index is 12.6. The topological polar surface area (TPSA) is 75.4 Å². The van der Waals surface area contributed by atoms with E-state index in [1.807, 2.05) is 22.6 Å². The van der Waals surface area contributed by atoms with Crippen LogP contribution in [0.15, 0.2) is 28.7 Å². The van der Waals surface area contributed by atoms with Gasteiger partial charge in [0.15, 0.2) is 0 Å². The minimum atomic E-state index is -0.967. The first-order chi connectivity index (χ1) is 11.1. The van der Waals surface area contributed by atoms with Crippen LogP contribution in [0.3, 0.4) is 0 Å². The van der Waals surface area contributed by atoms with Gasteiger partial charge in [-0.25, -0.2) is 4.79 Å². The first kappa shape index (κ1) is 16.1. The SMILES string of the molecule is CSc1ccsc1C(=O)N1CCC(n2cc(C(=O)O)cn2)CC1. The number of carboxylic acids is 1. The summed E-state index contributed by atoms with van der Waals surface area (Å²) in [5.41, 5.74) is 0.201. The standard InChI is InChI=1S/C15H17N3O3S2/c1-22-12-4-7-23-13(12)14(19)17-5-2-11(3-6-17)18-9-10(8-16-18)15(20)21/h4,7-9,11H,2-3,5-6H2,1H3,(H,20,21). The molecular weight excluding hydrogens is 334 g/mol. The first-order valence-electron chi connectivity index (χ1n) is 7.28. The molecule has 2 aromatic heterocycles. The summed E-state index contributed by atoms with van der Waals surface area (Å²) in [6.45, 7) is 1.33. The smallest absolute Gasteiger partial charge is 0.338 e. The van der Waals surface area contributed by atoms with Crippen LogP contribution in [-0.4, -0.2) is 51.0 Å². The highest BCUT2D eigenvalue weighted by molar-refractivity contribution is 7.98. The van der Waals surface area contributed by atoms with Crippen LogP contribution in [0.4, 0.5) is 0 Å². The van der Waals surface area contributed by atoms with Crippen LogP contribution in [0.2, 0.25) is 0 Å². The van der Waals surface area contributed by atoms with Gasteiger partial charge in [-0.05, 0) is 30.5 Å². The zero-order valence-electron chi connectivity index (χ0n) is 12.6. The fourth-order valence-electron chi connectivity index (χ4n) is 2.74. The number of hydrogen-bond acceptors (Lipinski definition) is 5. The molecule has 8 heteroatoms. The molecule has 2 aromatic rings. The molecule has 1 amide bonds. The molecule has 0 aliphatic carbocycles. The number of carboxylic acid groups (broad SMARTS) is 1. The van der Waals surface area contributed by atoms with Crippen LogP contribution in [0, 0.1) is 0 Å². The molecule has 0 atom stereocenters. The highest BCUT2D eigenvalue weighted by Gasteiger charge is 2.27. The lowest BCUT2D eigenvalue weighted by atomic mass is 10.1. The zero-order chi connectivity index (χ0) is 16.4. The number of thioether (sulfide) groups is 1. The predicted molar refractivity (Wildman–Crippen MR) is 89.5 cm³/mol. The lowest BCUT2D eigenvalue weighted by Crippen LogP contribution is -2.39. The minimum absolute atomic E-state index is 0.0921. The number of aromatic carboxylic acids is 1. The van der Waals surface area contributed by atoms with Crippen molar-refractivity contribution in [3.8, 4) is 0 Å². The number of carbonyl (C=O) groups excluding carboxylic acids is 1. The Kier molecular flexibility index (Phi) is 4.72. The molecule has 6 nitrogen and oxygen atoms in total. The Morgan fingerprint density at radius 3 is 2.74 bits per heavy atom. The molecule has 122 valence electrons. The van der Waals surface area contributed by atoms with E-state index in [-0.39, 0.29) is 17.5 Å². The summed E-state index contributed by atoms with van der Waals surface area (Å²) in [5, 5.41) is 15.0. The number of carbonyl (C=O) groups is 2. The van der Waals surface area contributed by atoms with Gasteiger partial charge in [0.25, 0.3) is 5.91 Å². The van der Waals surface area contributed by atoms with E-state index in [2.05, 4.69) is 5.10 Å². The van der Waals surface area contributed by atoms with Crippen molar-refractivity contribution in [1.82, 2.24) is 14.7 Å². The van der Waals surface area contributed by atoms with E-state index in [0.717, 1.165) is 22.6 Å². The van der Waals surface area contributed by atoms with Crippen LogP contribution < -0.4 is 0 Å². The minimum Gasteiger partial charge on any atom is -0.478 e. The van der Waals surface area contributed by atoms with E-state index in [1.165, 1.54) is 17.5 Å². The maximum absolute atomic E-state index is 12.6. The maximum Gasteiger partial charge on any atom is 0.338 e. The van der Waals surface area contributed by atoms with Gasteiger partial charge in [-0.1, -0.05) is 0 Å². The Hall–Kier alpha value is -1.80. The number of nitrogens with zero attached hydrogens (tertiary/aromatic N) is 3. The Balaban J connectivity index is 1.64. The second-order valence-corrected chi connectivity index (χ2v) is 7.12. The summed E-state index contributed by atoms with van der Waals surface area (Å²) in [6, 6.07) is 2.13. The summed E-state index contributed by atoms with van der Waals surface area (Å²) >= 11 is 3.08. The van der Waals surface area contributed by atoms with Gasteiger partial charge in [0.1, 0.15) is 4.88 Å². The number of amides is 1. The molecule has 1 N–H and O–H groups in total. The van der Waals surface area contributed by atoms with Crippen LogP contribution in [0.25, 0.3) is 0 Å². The summed E-state index contributed by atoms with van der Waals surface area (Å²) in [5.74, 6) is -0.874. The molecular formula is C15H17N3O3S2. The van der Waals surface area contributed by atoms with Crippen molar-refractivity contribution in [2.75, 3.05) is 19.3 Å². The molecule has 1 saturated heterocycles.